The molecule has 104 valence electrons. The van der Waals surface area contributed by atoms with Crippen LogP contribution in [-0.2, 0) is 28.1 Å². The summed E-state index contributed by atoms with van der Waals surface area (Å²) in [5.74, 6) is 0. The van der Waals surface area contributed by atoms with E-state index in [-0.39, 0.29) is 36.6 Å². The largest absolute Gasteiger partial charge is 4.00 e. The van der Waals surface area contributed by atoms with Crippen LogP contribution >= 0.6 is 0 Å². The average molecular weight is 308 g/mol. The molecule has 1 heteroatoms. The van der Waals surface area contributed by atoms with Gasteiger partial charge in [0.25, 0.3) is 0 Å². The molecule has 0 spiro atoms. The third-order valence-corrected chi connectivity index (χ3v) is 3.17. The van der Waals surface area contributed by atoms with E-state index in [1.807, 2.05) is 36.4 Å². The van der Waals surface area contributed by atoms with Crippen LogP contribution in [-0.4, -0.2) is 0 Å². The molecule has 0 aromatic heterocycles. The van der Waals surface area contributed by atoms with Crippen LogP contribution < -0.4 is 0 Å². The van der Waals surface area contributed by atoms with Crippen molar-refractivity contribution >= 4 is 0 Å². The van der Waals surface area contributed by atoms with E-state index in [1.165, 1.54) is 22.3 Å². The molecule has 0 heterocycles. The molecule has 1 aliphatic rings. The monoisotopic (exact) mass is 308 g/mol. The Bertz CT molecular complexity index is 563. The van der Waals surface area contributed by atoms with E-state index < -0.39 is 0 Å². The van der Waals surface area contributed by atoms with Crippen LogP contribution in [0.3, 0.4) is 0 Å². The van der Waals surface area contributed by atoms with Gasteiger partial charge in [-0.05, 0) is 6.42 Å². The van der Waals surface area contributed by atoms with Gasteiger partial charge in [-0.1, -0.05) is 35.4 Å². The van der Waals surface area contributed by atoms with Crippen molar-refractivity contribution in [1.29, 1.82) is 0 Å². The van der Waals surface area contributed by atoms with Crippen LogP contribution in [0.4, 0.5) is 0 Å². The molecule has 0 aliphatic heterocycles. The first-order valence-electron chi connectivity index (χ1n) is 6.20. The minimum atomic E-state index is 0. The van der Waals surface area contributed by atoms with E-state index in [2.05, 4.69) is 42.5 Å². The standard InChI is InChI=1S/C13H9.C5H5.2CH3.Ti/c1-3-7-12-10(5-1)9-11-6-2-4-8-13(11)12;1-2-4-5-3-1;;;/h1-5,7-8H,9H2;1-5H;2*1H3;/q4*-1;+4. The third-order valence-electron chi connectivity index (χ3n) is 3.17. The second-order valence-corrected chi connectivity index (χ2v) is 4.36. The smallest absolute Gasteiger partial charge is 0.358 e. The van der Waals surface area contributed by atoms with Gasteiger partial charge in [-0.3, -0.25) is 0 Å². The normalized spacial score (nSPS) is 9.52. The summed E-state index contributed by atoms with van der Waals surface area (Å²) in [6.07, 6.45) is 1.05. The van der Waals surface area contributed by atoms with E-state index >= 15 is 0 Å². The van der Waals surface area contributed by atoms with E-state index in [4.69, 9.17) is 0 Å². The maximum atomic E-state index is 3.30. The number of hydrogen-bond donors (Lipinski definition) is 0. The van der Waals surface area contributed by atoms with Gasteiger partial charge in [-0.15, -0.1) is 5.56 Å². The van der Waals surface area contributed by atoms with Gasteiger partial charge in [0.1, 0.15) is 0 Å². The zero-order valence-electron chi connectivity index (χ0n) is 12.6. The number of benzene rings is 2. The first-order valence-corrected chi connectivity index (χ1v) is 6.20. The van der Waals surface area contributed by atoms with Gasteiger partial charge in [0.15, 0.2) is 0 Å². The molecule has 0 atom stereocenters. The summed E-state index contributed by atoms with van der Waals surface area (Å²) < 4.78 is 0. The van der Waals surface area contributed by atoms with Crippen LogP contribution in [0.5, 0.6) is 0 Å². The van der Waals surface area contributed by atoms with Crippen LogP contribution in [0.2, 0.25) is 0 Å². The molecule has 0 nitrogen and oxygen atoms in total. The van der Waals surface area contributed by atoms with E-state index in [1.54, 1.807) is 0 Å². The fourth-order valence-electron chi connectivity index (χ4n) is 2.32. The number of hydrogen-bond acceptors (Lipinski definition) is 0. The van der Waals surface area contributed by atoms with Crippen LogP contribution in [0.15, 0.2) is 72.8 Å². The van der Waals surface area contributed by atoms with Crippen molar-refractivity contribution in [2.24, 2.45) is 0 Å². The molecule has 0 N–H and O–H groups in total. The quantitative estimate of drug-likeness (QED) is 0.303. The maximum absolute atomic E-state index is 3.30. The van der Waals surface area contributed by atoms with E-state index in [0.717, 1.165) is 6.42 Å². The summed E-state index contributed by atoms with van der Waals surface area (Å²) in [5.41, 5.74) is 5.51. The van der Waals surface area contributed by atoms with Gasteiger partial charge in [-0.2, -0.15) is 48.0 Å². The second-order valence-electron chi connectivity index (χ2n) is 4.36. The molecule has 3 aromatic carbocycles. The molecule has 0 saturated heterocycles. The first kappa shape index (κ1) is 19.5. The van der Waals surface area contributed by atoms with Crippen molar-refractivity contribution in [3.05, 3.63) is 105 Å². The minimum absolute atomic E-state index is 0. The molecule has 0 amide bonds. The predicted molar refractivity (Wildman–Crippen MR) is 88.4 cm³/mol. The molecule has 4 rings (SSSR count). The van der Waals surface area contributed by atoms with Crippen molar-refractivity contribution in [1.82, 2.24) is 0 Å². The molecular formula is C20H20Ti. The zero-order chi connectivity index (χ0) is 12.2. The molecule has 0 fully saturated rings. The van der Waals surface area contributed by atoms with Crippen LogP contribution in [0, 0.1) is 20.9 Å². The summed E-state index contributed by atoms with van der Waals surface area (Å²) in [6.45, 7) is 0. The maximum Gasteiger partial charge on any atom is 4.00 e. The molecule has 0 unspecified atom stereocenters. The topological polar surface area (TPSA) is 0 Å². The summed E-state index contributed by atoms with van der Waals surface area (Å²) >= 11 is 0. The number of fused-ring (bicyclic) bond motifs is 3. The Labute approximate surface area is 144 Å². The second kappa shape index (κ2) is 9.44. The SMILES string of the molecule is [CH3-].[CH3-].[Ti+4].[c-]1cccc2c1Cc1ccccc1-2.c1cc[cH-]c1. The number of rotatable bonds is 0. The molecule has 21 heavy (non-hydrogen) atoms. The van der Waals surface area contributed by atoms with Crippen molar-refractivity contribution in [3.8, 4) is 11.1 Å². The van der Waals surface area contributed by atoms with E-state index in [0.29, 0.717) is 0 Å². The molecule has 0 bridgehead atoms. The first-order chi connectivity index (χ1) is 8.95. The Morgan fingerprint density at radius 1 is 0.810 bits per heavy atom. The van der Waals surface area contributed by atoms with Gasteiger partial charge < -0.3 is 14.9 Å². The predicted octanol–water partition coefficient (Wildman–Crippen LogP) is 5.36. The fourth-order valence-corrected chi connectivity index (χ4v) is 2.32. The van der Waals surface area contributed by atoms with Gasteiger partial charge in [-0.25, -0.2) is 12.1 Å². The van der Waals surface area contributed by atoms with Crippen LogP contribution in [0.1, 0.15) is 11.1 Å². The van der Waals surface area contributed by atoms with Gasteiger partial charge in [0.2, 0.25) is 0 Å². The molecule has 0 saturated carbocycles. The third kappa shape index (κ3) is 4.49. The van der Waals surface area contributed by atoms with Crippen molar-refractivity contribution in [2.75, 3.05) is 0 Å². The minimum Gasteiger partial charge on any atom is -0.358 e. The van der Waals surface area contributed by atoms with Gasteiger partial charge >= 0.3 is 21.7 Å². The van der Waals surface area contributed by atoms with Gasteiger partial charge in [0, 0.05) is 0 Å². The summed E-state index contributed by atoms with van der Waals surface area (Å²) in [5, 5.41) is 0. The average Bonchev–Trinajstić information content (AvgIpc) is 3.10. The van der Waals surface area contributed by atoms with E-state index in [9.17, 15) is 0 Å². The Balaban J connectivity index is 0.000000437. The fraction of sp³-hybridized carbons (Fsp3) is 0.0500. The Hall–Kier alpha value is -1.50. The Morgan fingerprint density at radius 3 is 2.14 bits per heavy atom. The van der Waals surface area contributed by atoms with Crippen molar-refractivity contribution in [2.45, 2.75) is 6.42 Å². The Morgan fingerprint density at radius 2 is 1.48 bits per heavy atom. The molecule has 1 aliphatic carbocycles. The van der Waals surface area contributed by atoms with Crippen LogP contribution in [0.25, 0.3) is 11.1 Å². The molecule has 3 aromatic rings. The molecular weight excluding hydrogens is 288 g/mol. The molecule has 0 radical (unpaired) electrons. The summed E-state index contributed by atoms with van der Waals surface area (Å²) in [7, 11) is 0. The Kier molecular flexibility index (Phi) is 8.77. The summed E-state index contributed by atoms with van der Waals surface area (Å²) in [6, 6.07) is 28.1. The zero-order valence-corrected chi connectivity index (χ0v) is 14.2. The van der Waals surface area contributed by atoms with Crippen molar-refractivity contribution in [3.63, 3.8) is 0 Å². The van der Waals surface area contributed by atoms with Crippen molar-refractivity contribution < 1.29 is 21.7 Å². The summed E-state index contributed by atoms with van der Waals surface area (Å²) in [4.78, 5) is 0. The van der Waals surface area contributed by atoms with Gasteiger partial charge in [0.05, 0.1) is 0 Å².